The summed E-state index contributed by atoms with van der Waals surface area (Å²) in [5, 5.41) is 15.3. The number of aliphatic hydroxyl groups excluding tert-OH is 1. The van der Waals surface area contributed by atoms with E-state index in [2.05, 4.69) is 5.32 Å². The molecule has 1 aliphatic heterocycles. The number of amides is 2. The van der Waals surface area contributed by atoms with Crippen molar-refractivity contribution in [2.24, 2.45) is 0 Å². The lowest BCUT2D eigenvalue weighted by molar-refractivity contribution is -0.132. The van der Waals surface area contributed by atoms with Crippen LogP contribution in [0.1, 0.15) is 24.9 Å². The van der Waals surface area contributed by atoms with E-state index in [-0.39, 0.29) is 6.42 Å². The zero-order valence-corrected chi connectivity index (χ0v) is 17.5. The lowest BCUT2D eigenvalue weighted by atomic mass is 9.95. The lowest BCUT2D eigenvalue weighted by Gasteiger charge is -2.32. The average Bonchev–Trinajstić information content (AvgIpc) is 2.85. The van der Waals surface area contributed by atoms with Gasteiger partial charge in [-0.2, -0.15) is 13.2 Å². The van der Waals surface area contributed by atoms with Gasteiger partial charge < -0.3 is 25.4 Å². The number of aliphatic hydroxyl groups is 1. The van der Waals surface area contributed by atoms with Gasteiger partial charge in [0.1, 0.15) is 6.54 Å². The van der Waals surface area contributed by atoms with Gasteiger partial charge in [-0.1, -0.05) is 49.4 Å². The second-order valence-electron chi connectivity index (χ2n) is 7.39. The molecule has 10 heteroatoms. The van der Waals surface area contributed by atoms with Crippen molar-refractivity contribution in [3.63, 3.8) is 0 Å². The first-order valence-electron chi connectivity index (χ1n) is 10.0. The lowest BCUT2D eigenvalue weighted by Crippen LogP contribution is -2.48. The second kappa shape index (κ2) is 9.47. The maximum Gasteiger partial charge on any atom is 0.408 e. The van der Waals surface area contributed by atoms with Crippen LogP contribution in [-0.2, 0) is 9.53 Å². The van der Waals surface area contributed by atoms with Crippen molar-refractivity contribution >= 4 is 17.7 Å². The summed E-state index contributed by atoms with van der Waals surface area (Å²) in [5.41, 5.74) is 3.10. The van der Waals surface area contributed by atoms with Crippen molar-refractivity contribution in [3.05, 3.63) is 54.1 Å². The first kappa shape index (κ1) is 23.4. The summed E-state index contributed by atoms with van der Waals surface area (Å²) in [6, 6.07) is 13.8. The second-order valence-corrected chi connectivity index (χ2v) is 7.39. The van der Waals surface area contributed by atoms with E-state index in [1.54, 1.807) is 36.3 Å². The highest BCUT2D eigenvalue weighted by molar-refractivity contribution is 5.86. The number of nitrogens with one attached hydrogen (secondary N) is 2. The highest BCUT2D eigenvalue weighted by Gasteiger charge is 2.35. The highest BCUT2D eigenvalue weighted by Crippen LogP contribution is 2.40. The van der Waals surface area contributed by atoms with Crippen molar-refractivity contribution in [2.45, 2.75) is 37.9 Å². The Labute approximate surface area is 183 Å². The van der Waals surface area contributed by atoms with Crippen LogP contribution in [-0.4, -0.2) is 49.2 Å². The summed E-state index contributed by atoms with van der Waals surface area (Å²) in [6.45, 7) is -0.0115. The summed E-state index contributed by atoms with van der Waals surface area (Å²) in [5.74, 6) is -0.729. The van der Waals surface area contributed by atoms with Gasteiger partial charge >= 0.3 is 12.3 Å². The molecule has 2 aromatic rings. The first-order valence-corrected chi connectivity index (χ1v) is 10.0. The standard InChI is InChI=1S/C22H24F3N3O4/c1-3-17(32-21(31)26-12-22(23,24)25)19(29)27-18-15-10-5-4-8-13(15)14-9-6-7-11-16(14)28(2)20(18)30/h4-11,17-18,20,30H,3,12H2,1-2H3,(H,26,31)(H,27,29). The Morgan fingerprint density at radius 3 is 2.41 bits per heavy atom. The van der Waals surface area contributed by atoms with Gasteiger partial charge in [0.15, 0.2) is 12.3 Å². The van der Waals surface area contributed by atoms with E-state index in [1.165, 1.54) is 0 Å². The zero-order valence-electron chi connectivity index (χ0n) is 17.5. The van der Waals surface area contributed by atoms with Crippen LogP contribution >= 0.6 is 0 Å². The Bertz CT molecular complexity index is 983. The molecule has 3 rings (SSSR count). The minimum absolute atomic E-state index is 0.0335. The molecule has 0 bridgehead atoms. The van der Waals surface area contributed by atoms with Gasteiger partial charge in [-0.05, 0) is 23.6 Å². The van der Waals surface area contributed by atoms with E-state index < -0.39 is 43.1 Å². The van der Waals surface area contributed by atoms with Gasteiger partial charge in [-0.3, -0.25) is 4.79 Å². The molecule has 7 nitrogen and oxygen atoms in total. The van der Waals surface area contributed by atoms with E-state index in [0.717, 1.165) is 16.8 Å². The number of ether oxygens (including phenoxy) is 1. The van der Waals surface area contributed by atoms with Crippen molar-refractivity contribution in [2.75, 3.05) is 18.5 Å². The highest BCUT2D eigenvalue weighted by atomic mass is 19.4. The van der Waals surface area contributed by atoms with Crippen LogP contribution in [0.4, 0.5) is 23.7 Å². The molecule has 2 aromatic carbocycles. The molecule has 2 amide bonds. The molecule has 0 aromatic heterocycles. The van der Waals surface area contributed by atoms with Gasteiger partial charge in [-0.25, -0.2) is 4.79 Å². The number of nitrogens with zero attached hydrogens (tertiary/aromatic N) is 1. The number of para-hydroxylation sites is 1. The van der Waals surface area contributed by atoms with Gasteiger partial charge in [0.2, 0.25) is 0 Å². The molecule has 0 saturated carbocycles. The number of halogens is 3. The van der Waals surface area contributed by atoms with E-state index in [4.69, 9.17) is 4.74 Å². The van der Waals surface area contributed by atoms with Crippen LogP contribution in [0.2, 0.25) is 0 Å². The molecule has 3 atom stereocenters. The summed E-state index contributed by atoms with van der Waals surface area (Å²) >= 11 is 0. The van der Waals surface area contributed by atoms with Crippen molar-refractivity contribution < 1.29 is 32.6 Å². The molecule has 0 saturated heterocycles. The largest absolute Gasteiger partial charge is 0.436 e. The van der Waals surface area contributed by atoms with Crippen LogP contribution < -0.4 is 15.5 Å². The van der Waals surface area contributed by atoms with Crippen LogP contribution in [0, 0.1) is 0 Å². The number of alkyl carbamates (subject to hydrolysis) is 1. The summed E-state index contributed by atoms with van der Waals surface area (Å²) in [7, 11) is 1.69. The smallest absolute Gasteiger partial charge is 0.408 e. The monoisotopic (exact) mass is 451 g/mol. The van der Waals surface area contributed by atoms with Crippen LogP contribution in [0.15, 0.2) is 48.5 Å². The number of fused-ring (bicyclic) bond motifs is 3. The Kier molecular flexibility index (Phi) is 6.93. The molecule has 0 radical (unpaired) electrons. The SMILES string of the molecule is CCC(OC(=O)NCC(F)(F)F)C(=O)NC1c2ccccc2-c2ccccc2N(C)C1O. The molecular formula is C22H24F3N3O4. The average molecular weight is 451 g/mol. The predicted octanol–water partition coefficient (Wildman–Crippen LogP) is 3.35. The Morgan fingerprint density at radius 1 is 1.12 bits per heavy atom. The molecule has 3 unspecified atom stereocenters. The Morgan fingerprint density at radius 2 is 1.75 bits per heavy atom. The molecule has 0 aliphatic carbocycles. The summed E-state index contributed by atoms with van der Waals surface area (Å²) < 4.78 is 41.8. The van der Waals surface area contributed by atoms with E-state index in [9.17, 15) is 27.9 Å². The molecule has 1 heterocycles. The van der Waals surface area contributed by atoms with Crippen molar-refractivity contribution in [1.82, 2.24) is 10.6 Å². The molecule has 3 N–H and O–H groups in total. The summed E-state index contributed by atoms with van der Waals surface area (Å²) in [4.78, 5) is 26.2. The normalized spacial score (nSPS) is 18.6. The van der Waals surface area contributed by atoms with Gasteiger partial charge in [0, 0.05) is 18.3 Å². The topological polar surface area (TPSA) is 90.9 Å². The number of alkyl halides is 3. The number of likely N-dealkylation sites (N-methyl/N-ethyl adjacent to an activating group) is 1. The number of anilines is 1. The molecule has 1 aliphatic rings. The predicted molar refractivity (Wildman–Crippen MR) is 112 cm³/mol. The zero-order chi connectivity index (χ0) is 23.5. The maximum atomic E-state index is 12.9. The van der Waals surface area contributed by atoms with Gasteiger partial charge in [0.25, 0.3) is 5.91 Å². The number of carbonyl (C=O) groups excluding carboxylic acids is 2. The third kappa shape index (κ3) is 5.13. The number of rotatable bonds is 5. The minimum Gasteiger partial charge on any atom is -0.436 e. The molecular weight excluding hydrogens is 427 g/mol. The number of hydrogen-bond acceptors (Lipinski definition) is 5. The van der Waals surface area contributed by atoms with Crippen LogP contribution in [0.3, 0.4) is 0 Å². The third-order valence-electron chi connectivity index (χ3n) is 5.21. The van der Waals surface area contributed by atoms with Gasteiger partial charge in [0.05, 0.1) is 6.04 Å². The number of benzene rings is 2. The first-order chi connectivity index (χ1) is 15.1. The molecule has 0 fully saturated rings. The minimum atomic E-state index is -4.60. The quantitative estimate of drug-likeness (QED) is 0.649. The maximum absolute atomic E-state index is 12.9. The third-order valence-corrected chi connectivity index (χ3v) is 5.21. The van der Waals surface area contributed by atoms with Crippen molar-refractivity contribution in [1.29, 1.82) is 0 Å². The molecule has 0 spiro atoms. The number of hydrogen-bond donors (Lipinski definition) is 3. The van der Waals surface area contributed by atoms with Gasteiger partial charge in [-0.15, -0.1) is 0 Å². The fraction of sp³-hybridized carbons (Fsp3) is 0.364. The van der Waals surface area contributed by atoms with E-state index >= 15 is 0 Å². The van der Waals surface area contributed by atoms with E-state index in [0.29, 0.717) is 5.56 Å². The van der Waals surface area contributed by atoms with E-state index in [1.807, 2.05) is 36.4 Å². The number of carbonyl (C=O) groups is 2. The fourth-order valence-corrected chi connectivity index (χ4v) is 3.61. The molecule has 172 valence electrons. The fourth-order valence-electron chi connectivity index (χ4n) is 3.61. The summed E-state index contributed by atoms with van der Waals surface area (Å²) in [6.07, 6.45) is -8.41. The Balaban J connectivity index is 1.83. The van der Waals surface area contributed by atoms with Crippen LogP contribution in [0.25, 0.3) is 11.1 Å². The molecule has 32 heavy (non-hydrogen) atoms. The van der Waals surface area contributed by atoms with Crippen LogP contribution in [0.5, 0.6) is 0 Å². The van der Waals surface area contributed by atoms with Crippen molar-refractivity contribution in [3.8, 4) is 11.1 Å². The Hall–Kier alpha value is -3.27.